The van der Waals surface area contributed by atoms with Gasteiger partial charge in [-0.15, -0.1) is 0 Å². The fourth-order valence-electron chi connectivity index (χ4n) is 1.73. The molecule has 0 aliphatic rings. The zero-order valence-corrected chi connectivity index (χ0v) is 10.9. The van der Waals surface area contributed by atoms with Crippen LogP contribution in [0, 0.1) is 13.8 Å². The Bertz CT molecular complexity index is 514. The summed E-state index contributed by atoms with van der Waals surface area (Å²) >= 11 is 0. The number of ether oxygens (including phenoxy) is 1. The maximum atomic E-state index is 11.3. The first kappa shape index (κ1) is 14.0. The fraction of sp³-hybridized carbons (Fsp3) is 0.417. The van der Waals surface area contributed by atoms with Crippen molar-refractivity contribution in [3.8, 4) is 0 Å². The zero-order valence-electron chi connectivity index (χ0n) is 10.9. The number of esters is 1. The van der Waals surface area contributed by atoms with Gasteiger partial charge < -0.3 is 9.84 Å². The predicted octanol–water partition coefficient (Wildman–Crippen LogP) is 1.16. The molecule has 0 saturated carbocycles. The number of hydrogen-bond acceptors (Lipinski definition) is 5. The molecule has 0 fully saturated rings. The van der Waals surface area contributed by atoms with Crippen LogP contribution in [0.5, 0.6) is 0 Å². The monoisotopic (exact) mass is 252 g/mol. The highest BCUT2D eigenvalue weighted by Gasteiger charge is 2.18. The highest BCUT2D eigenvalue weighted by molar-refractivity contribution is 6.39. The van der Waals surface area contributed by atoms with Crippen LogP contribution >= 0.6 is 0 Å². The van der Waals surface area contributed by atoms with Crippen molar-refractivity contribution in [3.63, 3.8) is 0 Å². The van der Waals surface area contributed by atoms with E-state index < -0.39 is 11.8 Å². The quantitative estimate of drug-likeness (QED) is 0.376. The summed E-state index contributed by atoms with van der Waals surface area (Å²) in [6.07, 6.45) is 0.850. The number of carbonyl (C=O) groups excluding carboxylic acids is 2. The molecule has 0 unspecified atom stereocenters. The van der Waals surface area contributed by atoms with Crippen molar-refractivity contribution < 1.29 is 19.4 Å². The van der Waals surface area contributed by atoms with E-state index in [-0.39, 0.29) is 5.76 Å². The van der Waals surface area contributed by atoms with E-state index >= 15 is 0 Å². The second-order valence-corrected chi connectivity index (χ2v) is 3.75. The lowest BCUT2D eigenvalue weighted by Crippen LogP contribution is -2.13. The van der Waals surface area contributed by atoms with Gasteiger partial charge in [-0.2, -0.15) is 5.10 Å². The summed E-state index contributed by atoms with van der Waals surface area (Å²) in [6, 6.07) is 0. The van der Waals surface area contributed by atoms with Crippen LogP contribution in [0.15, 0.2) is 6.08 Å². The average Bonchev–Trinajstić information content (AvgIpc) is 2.62. The largest absolute Gasteiger partial charge is 0.507 e. The van der Waals surface area contributed by atoms with Crippen LogP contribution in [-0.4, -0.2) is 33.7 Å². The molecule has 0 spiro atoms. The minimum Gasteiger partial charge on any atom is -0.507 e. The highest BCUT2D eigenvalue weighted by atomic mass is 16.5. The van der Waals surface area contributed by atoms with E-state index in [9.17, 15) is 14.7 Å². The van der Waals surface area contributed by atoms with Crippen LogP contribution in [0.1, 0.15) is 23.9 Å². The van der Waals surface area contributed by atoms with Crippen molar-refractivity contribution in [1.29, 1.82) is 0 Å². The molecule has 1 N–H and O–H groups in total. The molecule has 0 aliphatic heterocycles. The molecule has 98 valence electrons. The maximum Gasteiger partial charge on any atom is 0.378 e. The molecule has 0 bridgehead atoms. The summed E-state index contributed by atoms with van der Waals surface area (Å²) in [5, 5.41) is 14.1. The minimum absolute atomic E-state index is 0.278. The summed E-state index contributed by atoms with van der Waals surface area (Å²) in [7, 11) is 1.11. The number of aliphatic hydroxyl groups excluding tert-OH is 1. The van der Waals surface area contributed by atoms with E-state index in [2.05, 4.69) is 9.84 Å². The van der Waals surface area contributed by atoms with Crippen LogP contribution in [0.4, 0.5) is 0 Å². The molecule has 6 nitrogen and oxygen atoms in total. The fourth-order valence-corrected chi connectivity index (χ4v) is 1.73. The standard InChI is InChI=1S/C12H16N2O4/c1-5-14-8(3)11(7(2)13-14)9(15)6-10(16)12(17)18-4/h6,15H,5H2,1-4H3. The molecule has 0 atom stereocenters. The van der Waals surface area contributed by atoms with Gasteiger partial charge in [0.15, 0.2) is 0 Å². The number of rotatable bonds is 4. The van der Waals surface area contributed by atoms with E-state index in [4.69, 9.17) is 0 Å². The van der Waals surface area contributed by atoms with Gasteiger partial charge in [0.2, 0.25) is 0 Å². The van der Waals surface area contributed by atoms with E-state index in [1.54, 1.807) is 18.5 Å². The van der Waals surface area contributed by atoms with Crippen LogP contribution in [-0.2, 0) is 20.9 Å². The molecule has 0 aliphatic carbocycles. The van der Waals surface area contributed by atoms with Crippen LogP contribution in [0.25, 0.3) is 5.76 Å². The molecule has 0 aromatic carbocycles. The van der Waals surface area contributed by atoms with Gasteiger partial charge in [0, 0.05) is 18.3 Å². The lowest BCUT2D eigenvalue weighted by Gasteiger charge is -2.02. The number of aromatic nitrogens is 2. The molecular weight excluding hydrogens is 236 g/mol. The van der Waals surface area contributed by atoms with Gasteiger partial charge in [-0.05, 0) is 20.8 Å². The lowest BCUT2D eigenvalue weighted by molar-refractivity contribution is -0.149. The Labute approximate surface area is 105 Å². The van der Waals surface area contributed by atoms with Crippen LogP contribution in [0.2, 0.25) is 0 Å². The molecule has 18 heavy (non-hydrogen) atoms. The Morgan fingerprint density at radius 2 is 2.06 bits per heavy atom. The zero-order chi connectivity index (χ0) is 13.9. The third kappa shape index (κ3) is 2.58. The first-order valence-corrected chi connectivity index (χ1v) is 5.49. The number of methoxy groups -OCH3 is 1. The first-order valence-electron chi connectivity index (χ1n) is 5.49. The summed E-state index contributed by atoms with van der Waals surface area (Å²) in [5.41, 5.74) is 1.80. The van der Waals surface area contributed by atoms with E-state index in [0.717, 1.165) is 18.9 Å². The molecule has 1 aromatic rings. The van der Waals surface area contributed by atoms with Gasteiger partial charge in [0.25, 0.3) is 5.78 Å². The topological polar surface area (TPSA) is 81.4 Å². The maximum absolute atomic E-state index is 11.3. The van der Waals surface area contributed by atoms with Gasteiger partial charge in [-0.3, -0.25) is 9.48 Å². The number of aryl methyl sites for hydroxylation is 2. The Balaban J connectivity index is 3.15. The first-order chi connectivity index (χ1) is 8.42. The Hall–Kier alpha value is -2.11. The molecule has 0 radical (unpaired) electrons. The molecule has 0 amide bonds. The molecule has 0 saturated heterocycles. The van der Waals surface area contributed by atoms with Crippen molar-refractivity contribution in [2.45, 2.75) is 27.3 Å². The lowest BCUT2D eigenvalue weighted by atomic mass is 10.1. The highest BCUT2D eigenvalue weighted by Crippen LogP contribution is 2.20. The third-order valence-corrected chi connectivity index (χ3v) is 2.59. The van der Waals surface area contributed by atoms with E-state index in [1.165, 1.54) is 0 Å². The van der Waals surface area contributed by atoms with E-state index in [0.29, 0.717) is 17.8 Å². The van der Waals surface area contributed by atoms with Crippen molar-refractivity contribution in [2.75, 3.05) is 7.11 Å². The van der Waals surface area contributed by atoms with Gasteiger partial charge in [-0.1, -0.05) is 0 Å². The van der Waals surface area contributed by atoms with Crippen molar-refractivity contribution in [1.82, 2.24) is 9.78 Å². The summed E-state index contributed by atoms with van der Waals surface area (Å²) in [6.45, 7) is 6.08. The van der Waals surface area contributed by atoms with Gasteiger partial charge >= 0.3 is 5.97 Å². The normalized spacial score (nSPS) is 11.4. The average molecular weight is 252 g/mol. The number of carbonyl (C=O) groups is 2. The van der Waals surface area contributed by atoms with Crippen molar-refractivity contribution in [3.05, 3.63) is 23.0 Å². The van der Waals surface area contributed by atoms with Crippen molar-refractivity contribution in [2.24, 2.45) is 0 Å². The van der Waals surface area contributed by atoms with Crippen molar-refractivity contribution >= 4 is 17.5 Å². The van der Waals surface area contributed by atoms with Crippen LogP contribution < -0.4 is 0 Å². The second kappa shape index (κ2) is 5.48. The van der Waals surface area contributed by atoms with Gasteiger partial charge in [0.05, 0.1) is 18.4 Å². The van der Waals surface area contributed by atoms with Gasteiger partial charge in [-0.25, -0.2) is 4.79 Å². The van der Waals surface area contributed by atoms with Gasteiger partial charge in [0.1, 0.15) is 5.76 Å². The smallest absolute Gasteiger partial charge is 0.378 e. The summed E-state index contributed by atoms with van der Waals surface area (Å²) < 4.78 is 5.98. The molecule has 6 heteroatoms. The Morgan fingerprint density at radius 3 is 2.50 bits per heavy atom. The Morgan fingerprint density at radius 1 is 1.44 bits per heavy atom. The van der Waals surface area contributed by atoms with Crippen LogP contribution in [0.3, 0.4) is 0 Å². The molecule has 1 aromatic heterocycles. The number of ketones is 1. The number of aliphatic hydroxyl groups is 1. The molecule has 1 rings (SSSR count). The van der Waals surface area contributed by atoms with E-state index in [1.807, 2.05) is 6.92 Å². The number of hydrogen-bond donors (Lipinski definition) is 1. The SMILES string of the molecule is CCn1nc(C)c(C(O)=CC(=O)C(=O)OC)c1C. The Kier molecular flexibility index (Phi) is 4.25. The predicted molar refractivity (Wildman–Crippen MR) is 65.0 cm³/mol. The summed E-state index contributed by atoms with van der Waals surface area (Å²) in [5.74, 6) is -2.20. The third-order valence-electron chi connectivity index (χ3n) is 2.59. The minimum atomic E-state index is -1.01. The summed E-state index contributed by atoms with van der Waals surface area (Å²) in [4.78, 5) is 22.3. The molecular formula is C12H16N2O4. The second-order valence-electron chi connectivity index (χ2n) is 3.75. The number of nitrogens with zero attached hydrogens (tertiary/aromatic N) is 2. The molecule has 1 heterocycles.